The van der Waals surface area contributed by atoms with E-state index in [2.05, 4.69) is 4.72 Å². The van der Waals surface area contributed by atoms with Crippen LogP contribution in [0.25, 0.3) is 0 Å². The van der Waals surface area contributed by atoms with Gasteiger partial charge in [-0.15, -0.1) is 0 Å². The number of rotatable bonds is 6. The minimum atomic E-state index is -3.39. The van der Waals surface area contributed by atoms with Crippen LogP contribution in [0.4, 0.5) is 4.39 Å². The molecule has 0 bridgehead atoms. The van der Waals surface area contributed by atoms with Crippen LogP contribution in [0.3, 0.4) is 0 Å². The monoisotopic (exact) mass is 327 g/mol. The molecule has 1 N–H and O–H groups in total. The fourth-order valence-corrected chi connectivity index (χ4v) is 3.13. The lowest BCUT2D eigenvalue weighted by atomic mass is 10.1. The first-order chi connectivity index (χ1) is 9.94. The van der Waals surface area contributed by atoms with Crippen LogP contribution in [0.2, 0.25) is 5.02 Å². The second-order valence-electron chi connectivity index (χ2n) is 4.66. The normalized spacial score (nSPS) is 11.5. The molecule has 6 heteroatoms. The molecule has 0 aliphatic carbocycles. The van der Waals surface area contributed by atoms with Crippen LogP contribution in [0.5, 0.6) is 0 Å². The molecule has 0 heterocycles. The zero-order chi connectivity index (χ0) is 15.3. The van der Waals surface area contributed by atoms with Gasteiger partial charge in [-0.25, -0.2) is 17.5 Å². The van der Waals surface area contributed by atoms with E-state index >= 15 is 0 Å². The highest BCUT2D eigenvalue weighted by Crippen LogP contribution is 2.11. The lowest BCUT2D eigenvalue weighted by Gasteiger charge is -2.07. The number of hydrogen-bond donors (Lipinski definition) is 1. The third-order valence-corrected chi connectivity index (χ3v) is 4.53. The molecular weight excluding hydrogens is 313 g/mol. The summed E-state index contributed by atoms with van der Waals surface area (Å²) < 4.78 is 39.1. The maximum absolute atomic E-state index is 12.7. The molecule has 0 amide bonds. The van der Waals surface area contributed by atoms with Gasteiger partial charge < -0.3 is 0 Å². The highest BCUT2D eigenvalue weighted by atomic mass is 35.5. The van der Waals surface area contributed by atoms with Gasteiger partial charge in [0.15, 0.2) is 0 Å². The van der Waals surface area contributed by atoms with Gasteiger partial charge in [0.2, 0.25) is 10.0 Å². The van der Waals surface area contributed by atoms with Crippen LogP contribution >= 0.6 is 11.6 Å². The molecular formula is C15H15ClFNO2S. The van der Waals surface area contributed by atoms with Gasteiger partial charge in [-0.05, 0) is 41.8 Å². The Morgan fingerprint density at radius 3 is 2.14 bits per heavy atom. The van der Waals surface area contributed by atoms with Gasteiger partial charge in [0.05, 0.1) is 5.75 Å². The van der Waals surface area contributed by atoms with Crippen LogP contribution in [0.1, 0.15) is 11.1 Å². The third-order valence-electron chi connectivity index (χ3n) is 2.92. The van der Waals surface area contributed by atoms with Gasteiger partial charge >= 0.3 is 0 Å². The summed E-state index contributed by atoms with van der Waals surface area (Å²) in [4.78, 5) is 0. The van der Waals surface area contributed by atoms with Crippen LogP contribution in [0.15, 0.2) is 48.5 Å². The Balaban J connectivity index is 1.86. The van der Waals surface area contributed by atoms with Gasteiger partial charge in [-0.1, -0.05) is 35.9 Å². The number of benzene rings is 2. The number of halogens is 2. The molecule has 2 aromatic rings. The second-order valence-corrected chi connectivity index (χ2v) is 6.90. The summed E-state index contributed by atoms with van der Waals surface area (Å²) in [7, 11) is -3.39. The molecule has 0 atom stereocenters. The van der Waals surface area contributed by atoms with Crippen molar-refractivity contribution in [1.82, 2.24) is 4.72 Å². The fourth-order valence-electron chi connectivity index (χ4n) is 1.85. The van der Waals surface area contributed by atoms with Gasteiger partial charge in [-0.2, -0.15) is 0 Å². The van der Waals surface area contributed by atoms with E-state index < -0.39 is 10.0 Å². The lowest BCUT2D eigenvalue weighted by molar-refractivity contribution is 0.580. The van der Waals surface area contributed by atoms with Crippen molar-refractivity contribution < 1.29 is 12.8 Å². The van der Waals surface area contributed by atoms with E-state index in [1.165, 1.54) is 12.1 Å². The van der Waals surface area contributed by atoms with Crippen molar-refractivity contribution in [2.24, 2.45) is 0 Å². The van der Waals surface area contributed by atoms with Crippen molar-refractivity contribution in [3.8, 4) is 0 Å². The number of hydrogen-bond acceptors (Lipinski definition) is 2. The van der Waals surface area contributed by atoms with E-state index in [0.717, 1.165) is 5.56 Å². The molecule has 0 unspecified atom stereocenters. The summed E-state index contributed by atoms with van der Waals surface area (Å²) >= 11 is 5.75. The topological polar surface area (TPSA) is 46.2 Å². The molecule has 0 saturated carbocycles. The van der Waals surface area contributed by atoms with E-state index in [1.807, 2.05) is 0 Å². The Hall–Kier alpha value is -1.43. The summed E-state index contributed by atoms with van der Waals surface area (Å²) in [5, 5.41) is 0.570. The Morgan fingerprint density at radius 2 is 1.52 bits per heavy atom. The summed E-state index contributed by atoms with van der Waals surface area (Å²) in [6, 6.07) is 12.7. The van der Waals surface area contributed by atoms with Crippen LogP contribution in [-0.2, 0) is 22.2 Å². The van der Waals surface area contributed by atoms with Gasteiger partial charge in [0.25, 0.3) is 0 Å². The van der Waals surface area contributed by atoms with Crippen molar-refractivity contribution in [1.29, 1.82) is 0 Å². The number of nitrogens with one attached hydrogen (secondary N) is 1. The first-order valence-corrected chi connectivity index (χ1v) is 8.44. The SMILES string of the molecule is O=S(=O)(Cc1ccc(Cl)cc1)NCCc1ccc(F)cc1. The summed E-state index contributed by atoms with van der Waals surface area (Å²) in [6.45, 7) is 0.279. The first-order valence-electron chi connectivity index (χ1n) is 6.41. The Kier molecular flexibility index (Phi) is 5.33. The molecule has 3 nitrogen and oxygen atoms in total. The molecule has 0 radical (unpaired) electrons. The largest absolute Gasteiger partial charge is 0.215 e. The highest BCUT2D eigenvalue weighted by Gasteiger charge is 2.10. The molecule has 21 heavy (non-hydrogen) atoms. The van der Waals surface area contributed by atoms with Crippen LogP contribution in [0, 0.1) is 5.82 Å². The van der Waals surface area contributed by atoms with Crippen molar-refractivity contribution in [2.75, 3.05) is 6.54 Å². The molecule has 0 aliphatic rings. The van der Waals surface area contributed by atoms with Gasteiger partial charge in [-0.3, -0.25) is 0 Å². The smallest absolute Gasteiger partial charge is 0.215 e. The van der Waals surface area contributed by atoms with Crippen molar-refractivity contribution in [2.45, 2.75) is 12.2 Å². The highest BCUT2D eigenvalue weighted by molar-refractivity contribution is 7.88. The van der Waals surface area contributed by atoms with Crippen LogP contribution in [-0.4, -0.2) is 15.0 Å². The fraction of sp³-hybridized carbons (Fsp3) is 0.200. The molecule has 0 aromatic heterocycles. The zero-order valence-corrected chi connectivity index (χ0v) is 12.8. The van der Waals surface area contributed by atoms with Gasteiger partial charge in [0.1, 0.15) is 5.82 Å². The van der Waals surface area contributed by atoms with Gasteiger partial charge in [0, 0.05) is 11.6 Å². The summed E-state index contributed by atoms with van der Waals surface area (Å²) in [5.74, 6) is -0.393. The van der Waals surface area contributed by atoms with Crippen molar-refractivity contribution >= 4 is 21.6 Å². The van der Waals surface area contributed by atoms with E-state index in [1.54, 1.807) is 36.4 Å². The second kappa shape index (κ2) is 7.02. The molecule has 0 spiro atoms. The lowest BCUT2D eigenvalue weighted by Crippen LogP contribution is -2.27. The quantitative estimate of drug-likeness (QED) is 0.886. The molecule has 112 valence electrons. The van der Waals surface area contributed by atoms with E-state index in [-0.39, 0.29) is 18.1 Å². The number of sulfonamides is 1. The molecule has 0 aliphatic heterocycles. The molecule has 2 aromatic carbocycles. The maximum atomic E-state index is 12.7. The van der Waals surface area contributed by atoms with Crippen molar-refractivity contribution in [3.63, 3.8) is 0 Å². The van der Waals surface area contributed by atoms with Crippen LogP contribution < -0.4 is 4.72 Å². The Labute approximate surface area is 128 Å². The molecule has 0 fully saturated rings. The third kappa shape index (κ3) is 5.46. The molecule has 2 rings (SSSR count). The average Bonchev–Trinajstić information content (AvgIpc) is 2.43. The zero-order valence-electron chi connectivity index (χ0n) is 11.2. The average molecular weight is 328 g/mol. The van der Waals surface area contributed by atoms with E-state index in [0.29, 0.717) is 17.0 Å². The standard InChI is InChI=1S/C15H15ClFNO2S/c16-14-5-1-13(2-6-14)11-21(19,20)18-10-9-12-3-7-15(17)8-4-12/h1-8,18H,9-11H2. The maximum Gasteiger partial charge on any atom is 0.215 e. The first kappa shape index (κ1) is 15.9. The minimum Gasteiger partial charge on any atom is -0.215 e. The molecule has 0 saturated heterocycles. The minimum absolute atomic E-state index is 0.0897. The summed E-state index contributed by atoms with van der Waals surface area (Å²) in [5.41, 5.74) is 1.55. The van der Waals surface area contributed by atoms with E-state index in [4.69, 9.17) is 11.6 Å². The predicted octanol–water partition coefficient (Wildman–Crippen LogP) is 3.14. The summed E-state index contributed by atoms with van der Waals surface area (Å²) in [6.07, 6.45) is 0.514. The Bertz CT molecular complexity index is 685. The Morgan fingerprint density at radius 1 is 0.952 bits per heavy atom. The van der Waals surface area contributed by atoms with Crippen molar-refractivity contribution in [3.05, 3.63) is 70.5 Å². The van der Waals surface area contributed by atoms with E-state index in [9.17, 15) is 12.8 Å². The predicted molar refractivity (Wildman–Crippen MR) is 82.2 cm³/mol.